The molecule has 266 valence electrons. The molecule has 0 N–H and O–H groups in total. The van der Waals surface area contributed by atoms with E-state index in [1.807, 2.05) is 0 Å². The van der Waals surface area contributed by atoms with Gasteiger partial charge in [-0.25, -0.2) is 0 Å². The van der Waals surface area contributed by atoms with E-state index in [0.29, 0.717) is 0 Å². The second-order valence-electron chi connectivity index (χ2n) is 16.6. The third kappa shape index (κ3) is 5.63. The van der Waals surface area contributed by atoms with Gasteiger partial charge in [0.25, 0.3) is 0 Å². The van der Waals surface area contributed by atoms with Crippen molar-refractivity contribution in [1.82, 2.24) is 4.57 Å². The van der Waals surface area contributed by atoms with Gasteiger partial charge in [0.2, 0.25) is 0 Å². The molecular weight excluding hydrogens is 665 g/mol. The number of hydrogen-bond donors (Lipinski definition) is 0. The molecule has 1 aromatic heterocycles. The van der Waals surface area contributed by atoms with Gasteiger partial charge in [-0.05, 0) is 122 Å². The Morgan fingerprint density at radius 3 is 1.76 bits per heavy atom. The zero-order chi connectivity index (χ0) is 37.3. The Morgan fingerprint density at radius 1 is 0.400 bits per heavy atom. The number of fused-ring (bicyclic) bond motifs is 5. The van der Waals surface area contributed by atoms with Gasteiger partial charge in [-0.15, -0.1) is 0 Å². The molecule has 0 aliphatic heterocycles. The number of hydrogen-bond acceptors (Lipinski definition) is 1. The van der Waals surface area contributed by atoms with E-state index in [1.165, 1.54) is 72.4 Å². The number of aromatic nitrogens is 1. The first-order valence-corrected chi connectivity index (χ1v) is 19.5. The van der Waals surface area contributed by atoms with Crippen LogP contribution >= 0.6 is 0 Å². The van der Waals surface area contributed by atoms with E-state index in [1.54, 1.807) is 0 Å². The lowest BCUT2D eigenvalue weighted by atomic mass is 9.82. The van der Waals surface area contributed by atoms with E-state index in [-0.39, 0.29) is 10.8 Å². The molecule has 2 nitrogen and oxygen atoms in total. The molecule has 55 heavy (non-hydrogen) atoms. The minimum absolute atomic E-state index is 0.173. The van der Waals surface area contributed by atoms with E-state index >= 15 is 0 Å². The van der Waals surface area contributed by atoms with Gasteiger partial charge in [-0.2, -0.15) is 0 Å². The minimum atomic E-state index is 0.173. The van der Waals surface area contributed by atoms with Crippen LogP contribution in [0, 0.1) is 0 Å². The summed E-state index contributed by atoms with van der Waals surface area (Å²) in [5.41, 5.74) is 15.2. The van der Waals surface area contributed by atoms with E-state index < -0.39 is 0 Å². The first kappa shape index (κ1) is 33.2. The van der Waals surface area contributed by atoms with Crippen molar-refractivity contribution < 1.29 is 0 Å². The van der Waals surface area contributed by atoms with Gasteiger partial charge < -0.3 is 9.47 Å². The Balaban J connectivity index is 1.08. The molecule has 0 spiro atoms. The van der Waals surface area contributed by atoms with Crippen molar-refractivity contribution >= 4 is 49.6 Å². The van der Waals surface area contributed by atoms with Crippen molar-refractivity contribution in [2.45, 2.75) is 44.9 Å². The summed E-state index contributed by atoms with van der Waals surface area (Å²) in [6.45, 7) is 9.55. The van der Waals surface area contributed by atoms with Gasteiger partial charge >= 0.3 is 0 Å². The maximum absolute atomic E-state index is 2.44. The number of rotatable bonds is 6. The highest BCUT2D eigenvalue weighted by Crippen LogP contribution is 2.50. The molecule has 1 aliphatic carbocycles. The van der Waals surface area contributed by atoms with Crippen molar-refractivity contribution in [1.29, 1.82) is 0 Å². The van der Waals surface area contributed by atoms with Crippen LogP contribution in [0.2, 0.25) is 0 Å². The van der Waals surface area contributed by atoms with Crippen molar-refractivity contribution in [3.8, 4) is 27.9 Å². The first-order valence-electron chi connectivity index (χ1n) is 19.5. The Kier molecular flexibility index (Phi) is 7.61. The largest absolute Gasteiger partial charge is 0.310 e. The molecule has 0 radical (unpaired) electrons. The first-order chi connectivity index (χ1) is 26.7. The smallest absolute Gasteiger partial charge is 0.0542 e. The molecule has 0 amide bonds. The zero-order valence-electron chi connectivity index (χ0n) is 31.9. The summed E-state index contributed by atoms with van der Waals surface area (Å²) in [6, 6.07) is 67.0. The number of nitrogens with zero attached hydrogens (tertiary/aromatic N) is 2. The van der Waals surface area contributed by atoms with E-state index in [9.17, 15) is 0 Å². The van der Waals surface area contributed by atoms with Crippen molar-refractivity contribution in [3.63, 3.8) is 0 Å². The van der Waals surface area contributed by atoms with Crippen LogP contribution in [-0.2, 0) is 10.8 Å². The standard InChI is InChI=1S/C53H44N2/c1-52(2)35-53(3,4)49-33-41(23-30-48(49)52)39-20-26-43(27-21-39)55-50-17-11-10-16-46(50)47-34-45(29-31-51(47)55)54(44-28-22-37-14-8-9-15-40(37)32-44)42-24-18-38(19-25-42)36-12-6-5-7-13-36/h5-34H,35H2,1-4H3. The van der Waals surface area contributed by atoms with Crippen LogP contribution in [0.4, 0.5) is 17.1 Å². The number of para-hydroxylation sites is 1. The third-order valence-corrected chi connectivity index (χ3v) is 12.0. The quantitative estimate of drug-likeness (QED) is 0.167. The van der Waals surface area contributed by atoms with Gasteiger partial charge in [0, 0.05) is 33.5 Å². The highest BCUT2D eigenvalue weighted by molar-refractivity contribution is 6.10. The Morgan fingerprint density at radius 2 is 0.964 bits per heavy atom. The molecule has 0 bridgehead atoms. The molecule has 0 unspecified atom stereocenters. The number of anilines is 3. The van der Waals surface area contributed by atoms with Crippen molar-refractivity contribution in [2.24, 2.45) is 0 Å². The fourth-order valence-electron chi connectivity index (χ4n) is 9.55. The lowest BCUT2D eigenvalue weighted by Gasteiger charge is -2.26. The van der Waals surface area contributed by atoms with E-state index in [4.69, 9.17) is 0 Å². The molecule has 0 atom stereocenters. The van der Waals surface area contributed by atoms with E-state index in [2.05, 4.69) is 219 Å². The number of benzene rings is 8. The Labute approximate surface area is 323 Å². The molecule has 10 rings (SSSR count). The van der Waals surface area contributed by atoms with Crippen LogP contribution in [-0.4, -0.2) is 4.57 Å². The van der Waals surface area contributed by atoms with Crippen LogP contribution < -0.4 is 4.90 Å². The topological polar surface area (TPSA) is 8.17 Å². The molecule has 8 aromatic carbocycles. The predicted molar refractivity (Wildman–Crippen MR) is 235 cm³/mol. The van der Waals surface area contributed by atoms with Gasteiger partial charge in [0.05, 0.1) is 11.0 Å². The summed E-state index contributed by atoms with van der Waals surface area (Å²) < 4.78 is 2.42. The average Bonchev–Trinajstić information content (AvgIpc) is 3.64. The van der Waals surface area contributed by atoms with Crippen LogP contribution in [0.25, 0.3) is 60.5 Å². The fraction of sp³-hybridized carbons (Fsp3) is 0.132. The summed E-state index contributed by atoms with van der Waals surface area (Å²) in [5.74, 6) is 0. The second kappa shape index (κ2) is 12.6. The molecule has 0 saturated carbocycles. The lowest BCUT2D eigenvalue weighted by Crippen LogP contribution is -2.17. The highest BCUT2D eigenvalue weighted by Gasteiger charge is 2.41. The molecule has 2 heteroatoms. The SMILES string of the molecule is CC1(C)CC(C)(C)c2cc(-c3ccc(-n4c5ccccc5c5cc(N(c6ccc(-c7ccccc7)cc6)c6ccc7ccccc7c6)ccc54)cc3)ccc21. The van der Waals surface area contributed by atoms with Gasteiger partial charge in [-0.1, -0.05) is 149 Å². The molecule has 0 saturated heterocycles. The summed E-state index contributed by atoms with van der Waals surface area (Å²) >= 11 is 0. The zero-order valence-corrected chi connectivity index (χ0v) is 31.9. The van der Waals surface area contributed by atoms with Crippen LogP contribution in [0.15, 0.2) is 182 Å². The van der Waals surface area contributed by atoms with Crippen LogP contribution in [0.5, 0.6) is 0 Å². The summed E-state index contributed by atoms with van der Waals surface area (Å²) in [7, 11) is 0. The molecule has 0 fully saturated rings. The Bertz CT molecular complexity index is 2870. The third-order valence-electron chi connectivity index (χ3n) is 12.0. The normalized spacial score (nSPS) is 14.4. The summed E-state index contributed by atoms with van der Waals surface area (Å²) in [4.78, 5) is 2.39. The maximum Gasteiger partial charge on any atom is 0.0542 e. The van der Waals surface area contributed by atoms with Crippen molar-refractivity contribution in [3.05, 3.63) is 193 Å². The van der Waals surface area contributed by atoms with Crippen LogP contribution in [0.3, 0.4) is 0 Å². The van der Waals surface area contributed by atoms with Crippen molar-refractivity contribution in [2.75, 3.05) is 4.90 Å². The second-order valence-corrected chi connectivity index (χ2v) is 16.6. The Hall–Kier alpha value is -6.38. The van der Waals surface area contributed by atoms with Gasteiger partial charge in [0.15, 0.2) is 0 Å². The fourth-order valence-corrected chi connectivity index (χ4v) is 9.55. The van der Waals surface area contributed by atoms with Crippen LogP contribution in [0.1, 0.15) is 45.2 Å². The summed E-state index contributed by atoms with van der Waals surface area (Å²) in [6.07, 6.45) is 1.17. The monoisotopic (exact) mass is 708 g/mol. The van der Waals surface area contributed by atoms with E-state index in [0.717, 1.165) is 22.7 Å². The summed E-state index contributed by atoms with van der Waals surface area (Å²) in [5, 5.41) is 4.93. The molecular formula is C53H44N2. The minimum Gasteiger partial charge on any atom is -0.310 e. The lowest BCUT2D eigenvalue weighted by molar-refractivity contribution is 0.403. The van der Waals surface area contributed by atoms with Gasteiger partial charge in [-0.3, -0.25) is 0 Å². The maximum atomic E-state index is 2.44. The molecule has 1 heterocycles. The molecule has 9 aromatic rings. The molecule has 1 aliphatic rings. The predicted octanol–water partition coefficient (Wildman–Crippen LogP) is 14.7. The average molecular weight is 709 g/mol. The highest BCUT2D eigenvalue weighted by atomic mass is 15.1. The van der Waals surface area contributed by atoms with Gasteiger partial charge in [0.1, 0.15) is 0 Å².